The molecule has 0 aliphatic rings. The molecule has 0 heterocycles. The van der Waals surface area contributed by atoms with Crippen LogP contribution in [0.5, 0.6) is 0 Å². The number of hydrogen-bond donors (Lipinski definition) is 1. The number of non-ortho nitro benzene ring substituents is 1. The Kier molecular flexibility index (Phi) is 4.68. The molecule has 0 amide bonds. The minimum Gasteiger partial charge on any atom is -0.478 e. The van der Waals surface area contributed by atoms with Crippen molar-refractivity contribution in [2.24, 2.45) is 0 Å². The number of nitro groups is 1. The standard InChI is InChI=1S/C16H10F3NO4/c17-16(18,19)12-3-1-2-10(8-12)9-14(15(21)22)11-4-6-13(7-5-11)20(23)24/h1-9H,(H,21,22)/b14-9+. The zero-order valence-electron chi connectivity index (χ0n) is 11.9. The quantitative estimate of drug-likeness (QED) is 0.392. The lowest BCUT2D eigenvalue weighted by Gasteiger charge is -2.08. The largest absolute Gasteiger partial charge is 0.478 e. The maximum atomic E-state index is 12.7. The fourth-order valence-electron chi connectivity index (χ4n) is 2.00. The highest BCUT2D eigenvalue weighted by Gasteiger charge is 2.30. The number of hydrogen-bond acceptors (Lipinski definition) is 3. The molecule has 0 atom stereocenters. The van der Waals surface area contributed by atoms with E-state index in [1.807, 2.05) is 0 Å². The van der Waals surface area contributed by atoms with Gasteiger partial charge in [-0.25, -0.2) is 4.79 Å². The molecule has 5 nitrogen and oxygen atoms in total. The summed E-state index contributed by atoms with van der Waals surface area (Å²) in [5, 5.41) is 19.9. The van der Waals surface area contributed by atoms with Gasteiger partial charge in [-0.1, -0.05) is 12.1 Å². The van der Waals surface area contributed by atoms with Gasteiger partial charge in [-0.15, -0.1) is 0 Å². The van der Waals surface area contributed by atoms with E-state index in [4.69, 9.17) is 0 Å². The number of nitro benzene ring substituents is 1. The number of benzene rings is 2. The van der Waals surface area contributed by atoms with Gasteiger partial charge in [0.15, 0.2) is 0 Å². The number of carboxylic acid groups (broad SMARTS) is 1. The third kappa shape index (κ3) is 3.97. The number of rotatable bonds is 4. The first kappa shape index (κ1) is 17.2. The minimum absolute atomic E-state index is 0.0561. The maximum absolute atomic E-state index is 12.7. The Hall–Kier alpha value is -3.16. The van der Waals surface area contributed by atoms with Gasteiger partial charge >= 0.3 is 12.1 Å². The number of aliphatic carboxylic acids is 1. The summed E-state index contributed by atoms with van der Waals surface area (Å²) in [6.45, 7) is 0. The normalized spacial score (nSPS) is 12.0. The molecule has 2 aromatic rings. The van der Waals surface area contributed by atoms with Gasteiger partial charge in [0.25, 0.3) is 5.69 Å². The van der Waals surface area contributed by atoms with Crippen molar-refractivity contribution in [2.45, 2.75) is 6.18 Å². The first-order valence-electron chi connectivity index (χ1n) is 6.55. The van der Waals surface area contributed by atoms with Gasteiger partial charge in [0.1, 0.15) is 0 Å². The van der Waals surface area contributed by atoms with Crippen LogP contribution in [-0.2, 0) is 11.0 Å². The van der Waals surface area contributed by atoms with Crippen LogP contribution < -0.4 is 0 Å². The van der Waals surface area contributed by atoms with Crippen LogP contribution >= 0.6 is 0 Å². The lowest BCUT2D eigenvalue weighted by Crippen LogP contribution is -2.05. The zero-order chi connectivity index (χ0) is 17.9. The predicted molar refractivity (Wildman–Crippen MR) is 80.0 cm³/mol. The van der Waals surface area contributed by atoms with Crippen molar-refractivity contribution < 1.29 is 28.0 Å². The Morgan fingerprint density at radius 3 is 2.25 bits per heavy atom. The molecule has 0 fully saturated rings. The summed E-state index contributed by atoms with van der Waals surface area (Å²) in [5.41, 5.74) is -1.19. The van der Waals surface area contributed by atoms with E-state index >= 15 is 0 Å². The monoisotopic (exact) mass is 337 g/mol. The minimum atomic E-state index is -4.54. The van der Waals surface area contributed by atoms with E-state index in [1.54, 1.807) is 0 Å². The molecule has 0 saturated heterocycles. The molecule has 0 aliphatic heterocycles. The number of carboxylic acids is 1. The lowest BCUT2D eigenvalue weighted by atomic mass is 10.0. The second kappa shape index (κ2) is 6.53. The van der Waals surface area contributed by atoms with Crippen LogP contribution in [0, 0.1) is 10.1 Å². The van der Waals surface area contributed by atoms with E-state index in [1.165, 1.54) is 24.3 Å². The fourth-order valence-corrected chi connectivity index (χ4v) is 2.00. The molecular formula is C16H10F3NO4. The van der Waals surface area contributed by atoms with Gasteiger partial charge in [-0.2, -0.15) is 13.2 Å². The summed E-state index contributed by atoms with van der Waals surface area (Å²) in [4.78, 5) is 21.3. The first-order valence-corrected chi connectivity index (χ1v) is 6.55. The molecule has 8 heteroatoms. The van der Waals surface area contributed by atoms with Gasteiger partial charge in [0, 0.05) is 12.1 Å². The number of nitrogens with zero attached hydrogens (tertiary/aromatic N) is 1. The maximum Gasteiger partial charge on any atom is 0.416 e. The van der Waals surface area contributed by atoms with Gasteiger partial charge < -0.3 is 5.11 Å². The van der Waals surface area contributed by atoms with Crippen molar-refractivity contribution in [1.82, 2.24) is 0 Å². The molecule has 0 aliphatic carbocycles. The molecule has 2 aromatic carbocycles. The topological polar surface area (TPSA) is 80.4 Å². The van der Waals surface area contributed by atoms with Crippen LogP contribution in [0.2, 0.25) is 0 Å². The molecule has 0 radical (unpaired) electrons. The lowest BCUT2D eigenvalue weighted by molar-refractivity contribution is -0.384. The molecule has 2 rings (SSSR count). The number of carbonyl (C=O) groups is 1. The van der Waals surface area contributed by atoms with Crippen molar-refractivity contribution in [3.63, 3.8) is 0 Å². The Morgan fingerprint density at radius 2 is 1.75 bits per heavy atom. The number of alkyl halides is 3. The molecule has 0 aromatic heterocycles. The fraction of sp³-hybridized carbons (Fsp3) is 0.0625. The van der Waals surface area contributed by atoms with Gasteiger partial charge in [0.05, 0.1) is 16.1 Å². The second-order valence-electron chi connectivity index (χ2n) is 4.79. The van der Waals surface area contributed by atoms with Gasteiger partial charge in [-0.05, 0) is 41.5 Å². The molecule has 0 unspecified atom stereocenters. The highest BCUT2D eigenvalue weighted by atomic mass is 19.4. The summed E-state index contributed by atoms with van der Waals surface area (Å²) >= 11 is 0. The highest BCUT2D eigenvalue weighted by molar-refractivity contribution is 6.20. The van der Waals surface area contributed by atoms with Crippen LogP contribution in [-0.4, -0.2) is 16.0 Å². The SMILES string of the molecule is O=C(O)/C(=C/c1cccc(C(F)(F)F)c1)c1ccc([N+](=O)[O-])cc1. The average molecular weight is 337 g/mol. The van der Waals surface area contributed by atoms with Crippen LogP contribution in [0.25, 0.3) is 11.6 Å². The van der Waals surface area contributed by atoms with Crippen molar-refractivity contribution in [3.8, 4) is 0 Å². The van der Waals surface area contributed by atoms with Gasteiger partial charge in [0.2, 0.25) is 0 Å². The van der Waals surface area contributed by atoms with Crippen molar-refractivity contribution in [1.29, 1.82) is 0 Å². The van der Waals surface area contributed by atoms with E-state index in [-0.39, 0.29) is 22.4 Å². The third-order valence-corrected chi connectivity index (χ3v) is 3.14. The zero-order valence-corrected chi connectivity index (χ0v) is 11.9. The van der Waals surface area contributed by atoms with E-state index in [0.717, 1.165) is 30.3 Å². The van der Waals surface area contributed by atoms with E-state index in [2.05, 4.69) is 0 Å². The Bertz CT molecular complexity index is 811. The van der Waals surface area contributed by atoms with Crippen molar-refractivity contribution in [3.05, 3.63) is 75.3 Å². The summed E-state index contributed by atoms with van der Waals surface area (Å²) in [6.07, 6.45) is -3.46. The predicted octanol–water partition coefficient (Wildman–Crippen LogP) is 4.24. The van der Waals surface area contributed by atoms with Crippen molar-refractivity contribution in [2.75, 3.05) is 0 Å². The van der Waals surface area contributed by atoms with Crippen LogP contribution in [0.1, 0.15) is 16.7 Å². The Morgan fingerprint density at radius 1 is 1.12 bits per heavy atom. The summed E-state index contributed by atoms with van der Waals surface area (Å²) in [7, 11) is 0. The summed E-state index contributed by atoms with van der Waals surface area (Å²) < 4.78 is 38.1. The van der Waals surface area contributed by atoms with Crippen LogP contribution in [0.15, 0.2) is 48.5 Å². The summed E-state index contributed by atoms with van der Waals surface area (Å²) in [6, 6.07) is 8.92. The molecule has 124 valence electrons. The van der Waals surface area contributed by atoms with E-state index in [0.29, 0.717) is 0 Å². The molecular weight excluding hydrogens is 327 g/mol. The van der Waals surface area contributed by atoms with Crippen molar-refractivity contribution >= 4 is 23.3 Å². The van der Waals surface area contributed by atoms with Crippen LogP contribution in [0.4, 0.5) is 18.9 Å². The number of halogens is 3. The molecule has 0 bridgehead atoms. The smallest absolute Gasteiger partial charge is 0.416 e. The third-order valence-electron chi connectivity index (χ3n) is 3.14. The summed E-state index contributed by atoms with van der Waals surface area (Å²) in [5.74, 6) is -1.36. The molecule has 0 saturated carbocycles. The molecule has 0 spiro atoms. The molecule has 24 heavy (non-hydrogen) atoms. The highest BCUT2D eigenvalue weighted by Crippen LogP contribution is 2.30. The average Bonchev–Trinajstić information content (AvgIpc) is 2.52. The van der Waals surface area contributed by atoms with Crippen LogP contribution in [0.3, 0.4) is 0 Å². The Balaban J connectivity index is 2.46. The Labute approximate surface area is 133 Å². The van der Waals surface area contributed by atoms with E-state index in [9.17, 15) is 33.2 Å². The van der Waals surface area contributed by atoms with E-state index < -0.39 is 22.6 Å². The first-order chi connectivity index (χ1) is 11.2. The second-order valence-corrected chi connectivity index (χ2v) is 4.79. The molecule has 1 N–H and O–H groups in total. The van der Waals surface area contributed by atoms with Gasteiger partial charge in [-0.3, -0.25) is 10.1 Å².